The molecule has 1 unspecified atom stereocenters. The molecule has 1 aliphatic rings. The summed E-state index contributed by atoms with van der Waals surface area (Å²) in [7, 11) is 1.74. The lowest BCUT2D eigenvalue weighted by Crippen LogP contribution is -2.29. The van der Waals surface area contributed by atoms with Crippen molar-refractivity contribution < 1.29 is 4.74 Å². The second-order valence-electron chi connectivity index (χ2n) is 4.71. The zero-order chi connectivity index (χ0) is 12.1. The minimum Gasteiger partial charge on any atom is -0.496 e. The van der Waals surface area contributed by atoms with Crippen LogP contribution in [0.25, 0.3) is 0 Å². The second-order valence-corrected chi connectivity index (χ2v) is 5.62. The Morgan fingerprint density at radius 2 is 2.35 bits per heavy atom. The van der Waals surface area contributed by atoms with E-state index >= 15 is 0 Å². The third-order valence-electron chi connectivity index (χ3n) is 3.46. The van der Waals surface area contributed by atoms with Crippen LogP contribution in [0.4, 0.5) is 0 Å². The summed E-state index contributed by atoms with van der Waals surface area (Å²) < 4.78 is 6.54. The summed E-state index contributed by atoms with van der Waals surface area (Å²) in [6.07, 6.45) is 5.04. The lowest BCUT2D eigenvalue weighted by atomic mass is 9.92. The number of hydrogen-bond acceptors (Lipinski definition) is 2. The number of aryl methyl sites for hydroxylation is 1. The van der Waals surface area contributed by atoms with Crippen molar-refractivity contribution >= 4 is 15.9 Å². The van der Waals surface area contributed by atoms with Gasteiger partial charge in [0, 0.05) is 4.47 Å². The standard InChI is InChI=1S/C14H20BrNO/c1-17-14-7-6-13(15)9-12(14)5-4-11-3-2-8-16-10-11/h6-7,9,11,16H,2-5,8,10H2,1H3. The van der Waals surface area contributed by atoms with Crippen LogP contribution in [0.2, 0.25) is 0 Å². The Kier molecular flexibility index (Phi) is 4.86. The van der Waals surface area contributed by atoms with Gasteiger partial charge in [0.25, 0.3) is 0 Å². The van der Waals surface area contributed by atoms with E-state index in [-0.39, 0.29) is 0 Å². The van der Waals surface area contributed by atoms with Crippen LogP contribution in [0.15, 0.2) is 22.7 Å². The molecule has 1 fully saturated rings. The quantitative estimate of drug-likeness (QED) is 0.920. The van der Waals surface area contributed by atoms with Crippen molar-refractivity contribution in [3.8, 4) is 5.75 Å². The lowest BCUT2D eigenvalue weighted by Gasteiger charge is -2.22. The molecule has 0 radical (unpaired) electrons. The second kappa shape index (κ2) is 6.41. The predicted molar refractivity (Wildman–Crippen MR) is 74.6 cm³/mol. The molecule has 0 bridgehead atoms. The average Bonchev–Trinajstić information content (AvgIpc) is 2.38. The molecule has 1 heterocycles. The summed E-state index contributed by atoms with van der Waals surface area (Å²) >= 11 is 3.52. The normalized spacial score (nSPS) is 20.2. The van der Waals surface area contributed by atoms with Crippen LogP contribution in [0.5, 0.6) is 5.75 Å². The number of piperidine rings is 1. The number of benzene rings is 1. The van der Waals surface area contributed by atoms with Gasteiger partial charge in [0.15, 0.2) is 0 Å². The van der Waals surface area contributed by atoms with Gasteiger partial charge in [0.05, 0.1) is 7.11 Å². The monoisotopic (exact) mass is 297 g/mol. The van der Waals surface area contributed by atoms with E-state index in [0.29, 0.717) is 0 Å². The summed E-state index contributed by atoms with van der Waals surface area (Å²) in [4.78, 5) is 0. The zero-order valence-electron chi connectivity index (χ0n) is 10.3. The third-order valence-corrected chi connectivity index (χ3v) is 3.96. The molecule has 2 rings (SSSR count). The Morgan fingerprint density at radius 1 is 1.47 bits per heavy atom. The largest absolute Gasteiger partial charge is 0.496 e. The van der Waals surface area contributed by atoms with Crippen molar-refractivity contribution in [2.24, 2.45) is 5.92 Å². The van der Waals surface area contributed by atoms with Gasteiger partial charge in [0.2, 0.25) is 0 Å². The number of ether oxygens (including phenoxy) is 1. The molecule has 1 aromatic carbocycles. The van der Waals surface area contributed by atoms with Crippen molar-refractivity contribution in [1.82, 2.24) is 5.32 Å². The maximum Gasteiger partial charge on any atom is 0.122 e. The molecule has 0 spiro atoms. The van der Waals surface area contributed by atoms with Crippen molar-refractivity contribution in [1.29, 1.82) is 0 Å². The number of halogens is 1. The molecule has 0 aromatic heterocycles. The van der Waals surface area contributed by atoms with E-state index < -0.39 is 0 Å². The minimum absolute atomic E-state index is 0.826. The first-order valence-electron chi connectivity index (χ1n) is 6.32. The fourth-order valence-corrected chi connectivity index (χ4v) is 2.88. The van der Waals surface area contributed by atoms with Gasteiger partial charge in [-0.1, -0.05) is 15.9 Å². The first-order chi connectivity index (χ1) is 8.29. The van der Waals surface area contributed by atoms with Crippen LogP contribution in [0.1, 0.15) is 24.8 Å². The van der Waals surface area contributed by atoms with Gasteiger partial charge in [-0.3, -0.25) is 0 Å². The smallest absolute Gasteiger partial charge is 0.122 e. The van der Waals surface area contributed by atoms with Crippen molar-refractivity contribution in [3.63, 3.8) is 0 Å². The number of hydrogen-bond donors (Lipinski definition) is 1. The van der Waals surface area contributed by atoms with Crippen LogP contribution in [0, 0.1) is 5.92 Å². The summed E-state index contributed by atoms with van der Waals surface area (Å²) in [6, 6.07) is 6.25. The predicted octanol–water partition coefficient (Wildman–Crippen LogP) is 3.39. The molecule has 0 amide bonds. The summed E-state index contributed by atoms with van der Waals surface area (Å²) in [5, 5.41) is 3.47. The van der Waals surface area contributed by atoms with Gasteiger partial charge in [-0.25, -0.2) is 0 Å². The van der Waals surface area contributed by atoms with E-state index in [1.165, 1.54) is 37.9 Å². The SMILES string of the molecule is COc1ccc(Br)cc1CCC1CCCNC1. The molecule has 0 aliphatic carbocycles. The first-order valence-corrected chi connectivity index (χ1v) is 7.12. The van der Waals surface area contributed by atoms with Gasteiger partial charge >= 0.3 is 0 Å². The van der Waals surface area contributed by atoms with E-state index in [9.17, 15) is 0 Å². The molecular formula is C14H20BrNO. The Labute approximate surface area is 112 Å². The van der Waals surface area contributed by atoms with Crippen LogP contribution < -0.4 is 10.1 Å². The number of nitrogens with one attached hydrogen (secondary N) is 1. The highest BCUT2D eigenvalue weighted by atomic mass is 79.9. The molecule has 2 nitrogen and oxygen atoms in total. The summed E-state index contributed by atoms with van der Waals surface area (Å²) in [5.41, 5.74) is 1.31. The van der Waals surface area contributed by atoms with Crippen LogP contribution >= 0.6 is 15.9 Å². The average molecular weight is 298 g/mol. The zero-order valence-corrected chi connectivity index (χ0v) is 11.9. The molecule has 17 heavy (non-hydrogen) atoms. The molecule has 1 atom stereocenters. The van der Waals surface area contributed by atoms with Crippen LogP contribution in [0.3, 0.4) is 0 Å². The molecular weight excluding hydrogens is 278 g/mol. The molecule has 1 aromatic rings. The first kappa shape index (κ1) is 12.9. The molecule has 94 valence electrons. The van der Waals surface area contributed by atoms with E-state index in [0.717, 1.165) is 22.6 Å². The maximum absolute atomic E-state index is 5.40. The number of rotatable bonds is 4. The van der Waals surface area contributed by atoms with Gasteiger partial charge in [-0.15, -0.1) is 0 Å². The molecule has 1 aliphatic heterocycles. The molecule has 0 saturated carbocycles. The van der Waals surface area contributed by atoms with Gasteiger partial charge in [-0.2, -0.15) is 0 Å². The van der Waals surface area contributed by atoms with Gasteiger partial charge < -0.3 is 10.1 Å². The van der Waals surface area contributed by atoms with E-state index in [1.54, 1.807) is 7.11 Å². The number of methoxy groups -OCH3 is 1. The lowest BCUT2D eigenvalue weighted by molar-refractivity contribution is 0.354. The molecule has 3 heteroatoms. The van der Waals surface area contributed by atoms with Crippen molar-refractivity contribution in [3.05, 3.63) is 28.2 Å². The minimum atomic E-state index is 0.826. The van der Waals surface area contributed by atoms with Crippen molar-refractivity contribution in [2.75, 3.05) is 20.2 Å². The van der Waals surface area contributed by atoms with E-state index in [2.05, 4.69) is 27.3 Å². The van der Waals surface area contributed by atoms with E-state index in [4.69, 9.17) is 4.74 Å². The summed E-state index contributed by atoms with van der Waals surface area (Å²) in [5.74, 6) is 1.84. The fourth-order valence-electron chi connectivity index (χ4n) is 2.47. The fraction of sp³-hybridized carbons (Fsp3) is 0.571. The molecule has 1 saturated heterocycles. The highest BCUT2D eigenvalue weighted by molar-refractivity contribution is 9.10. The highest BCUT2D eigenvalue weighted by Gasteiger charge is 2.13. The third kappa shape index (κ3) is 3.71. The van der Waals surface area contributed by atoms with Crippen LogP contribution in [-0.2, 0) is 6.42 Å². The maximum atomic E-state index is 5.40. The Bertz CT molecular complexity index is 361. The van der Waals surface area contributed by atoms with Gasteiger partial charge in [0.1, 0.15) is 5.75 Å². The molecule has 1 N–H and O–H groups in total. The Hall–Kier alpha value is -0.540. The Morgan fingerprint density at radius 3 is 3.06 bits per heavy atom. The van der Waals surface area contributed by atoms with Crippen LogP contribution in [-0.4, -0.2) is 20.2 Å². The van der Waals surface area contributed by atoms with Crippen molar-refractivity contribution in [2.45, 2.75) is 25.7 Å². The topological polar surface area (TPSA) is 21.3 Å². The van der Waals surface area contributed by atoms with Gasteiger partial charge in [-0.05, 0) is 68.5 Å². The summed E-state index contributed by atoms with van der Waals surface area (Å²) in [6.45, 7) is 2.37. The Balaban J connectivity index is 1.95. The van der Waals surface area contributed by atoms with E-state index in [1.807, 2.05) is 12.1 Å². The highest BCUT2D eigenvalue weighted by Crippen LogP contribution is 2.26.